The van der Waals surface area contributed by atoms with Crippen LogP contribution in [0.1, 0.15) is 19.8 Å². The number of hydrogen-bond acceptors (Lipinski definition) is 4. The summed E-state index contributed by atoms with van der Waals surface area (Å²) in [5.74, 6) is -1.49. The number of nitrogens with two attached hydrogens (primary N) is 2. The molecule has 0 aliphatic rings. The molecule has 6 N–H and O–H groups in total. The summed E-state index contributed by atoms with van der Waals surface area (Å²) < 4.78 is 0. The van der Waals surface area contributed by atoms with E-state index < -0.39 is 17.9 Å². The van der Waals surface area contributed by atoms with Gasteiger partial charge in [0.2, 0.25) is 17.7 Å². The van der Waals surface area contributed by atoms with E-state index in [0.29, 0.717) is 6.42 Å². The molecule has 0 heterocycles. The molecule has 0 aromatic carbocycles. The largest absolute Gasteiger partial charge is 0.368 e. The molecular formula is C9H18N4O3. The van der Waals surface area contributed by atoms with Gasteiger partial charge in [-0.2, -0.15) is 0 Å². The summed E-state index contributed by atoms with van der Waals surface area (Å²) in [5.41, 5.74) is 10.3. The van der Waals surface area contributed by atoms with Crippen LogP contribution in [0.4, 0.5) is 0 Å². The summed E-state index contributed by atoms with van der Waals surface area (Å²) >= 11 is 0. The van der Waals surface area contributed by atoms with Gasteiger partial charge in [-0.15, -0.1) is 0 Å². The normalized spacial score (nSPS) is 11.6. The number of nitrogens with one attached hydrogen (secondary N) is 2. The molecule has 0 bridgehead atoms. The van der Waals surface area contributed by atoms with E-state index in [2.05, 4.69) is 10.6 Å². The number of carbonyl (C=O) groups excluding carboxylic acids is 3. The molecule has 0 aromatic heterocycles. The van der Waals surface area contributed by atoms with Crippen molar-refractivity contribution >= 4 is 17.7 Å². The number of amides is 3. The van der Waals surface area contributed by atoms with Gasteiger partial charge in [0, 0.05) is 0 Å². The van der Waals surface area contributed by atoms with Crippen LogP contribution in [0.25, 0.3) is 0 Å². The molecule has 7 heteroatoms. The van der Waals surface area contributed by atoms with Gasteiger partial charge in [-0.05, 0) is 6.42 Å². The van der Waals surface area contributed by atoms with Gasteiger partial charge in [-0.25, -0.2) is 0 Å². The van der Waals surface area contributed by atoms with Crippen molar-refractivity contribution in [1.82, 2.24) is 10.6 Å². The second-order valence-corrected chi connectivity index (χ2v) is 3.36. The first kappa shape index (κ1) is 14.4. The van der Waals surface area contributed by atoms with E-state index >= 15 is 0 Å². The van der Waals surface area contributed by atoms with Crippen LogP contribution in [0.5, 0.6) is 0 Å². The zero-order chi connectivity index (χ0) is 12.6. The summed E-state index contributed by atoms with van der Waals surface area (Å²) in [4.78, 5) is 32.7. The Balaban J connectivity index is 3.74. The topological polar surface area (TPSA) is 127 Å². The quantitative estimate of drug-likeness (QED) is 0.397. The van der Waals surface area contributed by atoms with Crippen LogP contribution in [-0.2, 0) is 14.4 Å². The Morgan fingerprint density at radius 2 is 1.81 bits per heavy atom. The van der Waals surface area contributed by atoms with Crippen molar-refractivity contribution < 1.29 is 14.4 Å². The van der Waals surface area contributed by atoms with Crippen LogP contribution in [0.2, 0.25) is 0 Å². The molecule has 92 valence electrons. The third-order valence-electron chi connectivity index (χ3n) is 1.82. The second-order valence-electron chi connectivity index (χ2n) is 3.36. The second kappa shape index (κ2) is 7.63. The summed E-state index contributed by atoms with van der Waals surface area (Å²) in [6.45, 7) is 1.46. The monoisotopic (exact) mass is 230 g/mol. The van der Waals surface area contributed by atoms with Crippen LogP contribution in [0.15, 0.2) is 0 Å². The number of primary amides is 1. The van der Waals surface area contributed by atoms with Crippen molar-refractivity contribution in [3.8, 4) is 0 Å². The maximum Gasteiger partial charge on any atom is 0.239 e. The van der Waals surface area contributed by atoms with Crippen LogP contribution < -0.4 is 22.1 Å². The summed E-state index contributed by atoms with van der Waals surface area (Å²) in [7, 11) is 0. The lowest BCUT2D eigenvalue weighted by atomic mass is 10.2. The molecular weight excluding hydrogens is 212 g/mol. The minimum absolute atomic E-state index is 0.205. The minimum atomic E-state index is -0.637. The Kier molecular flexibility index (Phi) is 6.86. The van der Waals surface area contributed by atoms with E-state index in [9.17, 15) is 14.4 Å². The molecule has 0 saturated heterocycles. The third-order valence-corrected chi connectivity index (χ3v) is 1.82. The fraction of sp³-hybridized carbons (Fsp3) is 0.667. The molecule has 0 spiro atoms. The van der Waals surface area contributed by atoms with Gasteiger partial charge in [0.25, 0.3) is 0 Å². The van der Waals surface area contributed by atoms with E-state index in [-0.39, 0.29) is 19.0 Å². The van der Waals surface area contributed by atoms with Crippen molar-refractivity contribution in [3.63, 3.8) is 0 Å². The van der Waals surface area contributed by atoms with Crippen LogP contribution in [0, 0.1) is 0 Å². The fourth-order valence-corrected chi connectivity index (χ4v) is 0.989. The molecule has 1 atom stereocenters. The summed E-state index contributed by atoms with van der Waals surface area (Å²) in [6, 6.07) is -0.603. The lowest BCUT2D eigenvalue weighted by Gasteiger charge is -2.10. The van der Waals surface area contributed by atoms with Gasteiger partial charge >= 0.3 is 0 Å². The van der Waals surface area contributed by atoms with Crippen LogP contribution >= 0.6 is 0 Å². The first-order valence-corrected chi connectivity index (χ1v) is 5.05. The van der Waals surface area contributed by atoms with Crippen molar-refractivity contribution in [2.75, 3.05) is 13.1 Å². The third kappa shape index (κ3) is 6.77. The number of carbonyl (C=O) groups is 3. The Morgan fingerprint density at radius 1 is 1.19 bits per heavy atom. The zero-order valence-corrected chi connectivity index (χ0v) is 9.29. The van der Waals surface area contributed by atoms with E-state index in [0.717, 1.165) is 6.42 Å². The SMILES string of the molecule is CCCC(N)C(=O)NCC(=O)NCC(N)=O. The van der Waals surface area contributed by atoms with Crippen molar-refractivity contribution in [1.29, 1.82) is 0 Å². The highest BCUT2D eigenvalue weighted by Gasteiger charge is 2.12. The van der Waals surface area contributed by atoms with Gasteiger partial charge in [-0.3, -0.25) is 14.4 Å². The Bertz CT molecular complexity index is 267. The lowest BCUT2D eigenvalue weighted by molar-refractivity contribution is -0.127. The zero-order valence-electron chi connectivity index (χ0n) is 9.29. The smallest absolute Gasteiger partial charge is 0.239 e. The van der Waals surface area contributed by atoms with Crippen molar-refractivity contribution in [2.45, 2.75) is 25.8 Å². The predicted octanol–water partition coefficient (Wildman–Crippen LogP) is -2.17. The summed E-state index contributed by atoms with van der Waals surface area (Å²) in [6.07, 6.45) is 1.36. The molecule has 0 aromatic rings. The van der Waals surface area contributed by atoms with Gasteiger partial charge < -0.3 is 22.1 Å². The van der Waals surface area contributed by atoms with Gasteiger partial charge in [0.05, 0.1) is 19.1 Å². The molecule has 3 amide bonds. The molecule has 0 aliphatic carbocycles. The van der Waals surface area contributed by atoms with E-state index in [1.54, 1.807) is 0 Å². The first-order chi connectivity index (χ1) is 7.47. The van der Waals surface area contributed by atoms with Gasteiger partial charge in [0.1, 0.15) is 0 Å². The highest BCUT2D eigenvalue weighted by molar-refractivity contribution is 5.89. The van der Waals surface area contributed by atoms with Crippen LogP contribution in [-0.4, -0.2) is 36.9 Å². The first-order valence-electron chi connectivity index (χ1n) is 5.05. The average Bonchev–Trinajstić information content (AvgIpc) is 2.23. The van der Waals surface area contributed by atoms with Gasteiger partial charge in [-0.1, -0.05) is 13.3 Å². The molecule has 0 radical (unpaired) electrons. The molecule has 0 fully saturated rings. The maximum atomic E-state index is 11.3. The molecule has 0 aliphatic heterocycles. The highest BCUT2D eigenvalue weighted by atomic mass is 16.2. The summed E-state index contributed by atoms with van der Waals surface area (Å²) in [5, 5.41) is 4.60. The molecule has 7 nitrogen and oxygen atoms in total. The number of rotatable bonds is 7. The maximum absolute atomic E-state index is 11.3. The standard InChI is InChI=1S/C9H18N4O3/c1-2-3-6(10)9(16)13-5-8(15)12-4-7(11)14/h6H,2-5,10H2,1H3,(H2,11,14)(H,12,15)(H,13,16). The van der Waals surface area contributed by atoms with E-state index in [1.165, 1.54) is 0 Å². The van der Waals surface area contributed by atoms with Gasteiger partial charge in [0.15, 0.2) is 0 Å². The lowest BCUT2D eigenvalue weighted by Crippen LogP contribution is -2.45. The average molecular weight is 230 g/mol. The van der Waals surface area contributed by atoms with E-state index in [4.69, 9.17) is 11.5 Å². The predicted molar refractivity (Wildman–Crippen MR) is 58.1 cm³/mol. The van der Waals surface area contributed by atoms with Crippen LogP contribution in [0.3, 0.4) is 0 Å². The van der Waals surface area contributed by atoms with Crippen molar-refractivity contribution in [3.05, 3.63) is 0 Å². The number of hydrogen-bond donors (Lipinski definition) is 4. The Hall–Kier alpha value is -1.63. The molecule has 16 heavy (non-hydrogen) atoms. The van der Waals surface area contributed by atoms with E-state index in [1.807, 2.05) is 6.92 Å². The highest BCUT2D eigenvalue weighted by Crippen LogP contribution is 1.92. The fourth-order valence-electron chi connectivity index (χ4n) is 0.989. The molecule has 0 rings (SSSR count). The molecule has 0 saturated carbocycles. The minimum Gasteiger partial charge on any atom is -0.368 e. The Morgan fingerprint density at radius 3 is 2.31 bits per heavy atom. The Labute approximate surface area is 93.9 Å². The molecule has 1 unspecified atom stereocenters. The van der Waals surface area contributed by atoms with Crippen molar-refractivity contribution in [2.24, 2.45) is 11.5 Å².